The van der Waals surface area contributed by atoms with Gasteiger partial charge in [0.05, 0.1) is 6.04 Å². The first-order chi connectivity index (χ1) is 7.65. The van der Waals surface area contributed by atoms with E-state index >= 15 is 0 Å². The van der Waals surface area contributed by atoms with E-state index < -0.39 is 0 Å². The Morgan fingerprint density at radius 2 is 1.94 bits per heavy atom. The van der Waals surface area contributed by atoms with Crippen molar-refractivity contribution >= 4 is 39.7 Å². The second-order valence-corrected chi connectivity index (χ2v) is 5.07. The number of anilines is 1. The minimum Gasteiger partial charge on any atom is -0.355 e. The Kier molecular flexibility index (Phi) is 3.69. The molecule has 0 amide bonds. The van der Waals surface area contributed by atoms with E-state index in [2.05, 4.69) is 17.2 Å². The van der Waals surface area contributed by atoms with Crippen LogP contribution in [0.1, 0.15) is 18.5 Å². The van der Waals surface area contributed by atoms with E-state index in [0.717, 1.165) is 15.7 Å². The van der Waals surface area contributed by atoms with Crippen LogP contribution in [-0.4, -0.2) is 4.98 Å². The van der Waals surface area contributed by atoms with Crippen molar-refractivity contribution in [3.8, 4) is 0 Å². The Hall–Kier alpha value is -0.770. The molecule has 5 heteroatoms. The smallest absolute Gasteiger partial charge is 0.184 e. The maximum absolute atomic E-state index is 5.83. The highest BCUT2D eigenvalue weighted by Crippen LogP contribution is 2.24. The molecule has 1 N–H and O–H groups in total. The number of thiazole rings is 1. The van der Waals surface area contributed by atoms with Gasteiger partial charge in [-0.3, -0.25) is 0 Å². The van der Waals surface area contributed by atoms with E-state index in [1.807, 2.05) is 24.3 Å². The van der Waals surface area contributed by atoms with E-state index in [0.29, 0.717) is 5.15 Å². The third-order valence-electron chi connectivity index (χ3n) is 2.19. The Labute approximate surface area is 108 Å². The van der Waals surface area contributed by atoms with E-state index in [4.69, 9.17) is 23.2 Å². The van der Waals surface area contributed by atoms with E-state index in [1.165, 1.54) is 11.3 Å². The van der Waals surface area contributed by atoms with Crippen LogP contribution in [0.25, 0.3) is 0 Å². The summed E-state index contributed by atoms with van der Waals surface area (Å²) in [5, 5.41) is 7.18. The molecule has 0 saturated carbocycles. The number of benzene rings is 1. The third-order valence-corrected chi connectivity index (χ3v) is 3.53. The molecule has 2 rings (SSSR count). The Morgan fingerprint density at radius 3 is 2.50 bits per heavy atom. The number of aromatic nitrogens is 1. The van der Waals surface area contributed by atoms with Gasteiger partial charge in [-0.1, -0.05) is 35.3 Å². The van der Waals surface area contributed by atoms with Crippen LogP contribution in [0.2, 0.25) is 10.2 Å². The molecule has 1 aromatic heterocycles. The Balaban J connectivity index is 2.08. The van der Waals surface area contributed by atoms with Gasteiger partial charge >= 0.3 is 0 Å². The fraction of sp³-hybridized carbons (Fsp3) is 0.182. The number of nitrogens with one attached hydrogen (secondary N) is 1. The maximum atomic E-state index is 5.83. The first-order valence-electron chi connectivity index (χ1n) is 4.78. The summed E-state index contributed by atoms with van der Waals surface area (Å²) in [5.74, 6) is 0. The summed E-state index contributed by atoms with van der Waals surface area (Å²) < 4.78 is 0. The Morgan fingerprint density at radius 1 is 1.25 bits per heavy atom. The van der Waals surface area contributed by atoms with Gasteiger partial charge in [0.15, 0.2) is 5.13 Å². The molecule has 0 aliphatic heterocycles. The second-order valence-electron chi connectivity index (χ2n) is 3.39. The fourth-order valence-corrected chi connectivity index (χ4v) is 2.39. The van der Waals surface area contributed by atoms with Crippen molar-refractivity contribution < 1.29 is 0 Å². The highest BCUT2D eigenvalue weighted by atomic mass is 35.5. The van der Waals surface area contributed by atoms with Crippen molar-refractivity contribution in [1.82, 2.24) is 4.98 Å². The summed E-state index contributed by atoms with van der Waals surface area (Å²) in [6.07, 6.45) is 0. The van der Waals surface area contributed by atoms with Gasteiger partial charge in [-0.25, -0.2) is 4.98 Å². The van der Waals surface area contributed by atoms with Crippen LogP contribution >= 0.6 is 34.5 Å². The lowest BCUT2D eigenvalue weighted by molar-refractivity contribution is 0.882. The van der Waals surface area contributed by atoms with Gasteiger partial charge in [0.2, 0.25) is 0 Å². The molecule has 0 bridgehead atoms. The van der Waals surface area contributed by atoms with Crippen molar-refractivity contribution in [3.05, 3.63) is 45.4 Å². The predicted octanol–water partition coefficient (Wildman–Crippen LogP) is 4.62. The van der Waals surface area contributed by atoms with Crippen molar-refractivity contribution in [2.24, 2.45) is 0 Å². The Bertz CT molecular complexity index is 467. The molecule has 1 atom stereocenters. The van der Waals surface area contributed by atoms with Crippen molar-refractivity contribution in [3.63, 3.8) is 0 Å². The SMILES string of the molecule is CC(Nc1nc(Cl)cs1)c1ccc(Cl)cc1. The highest BCUT2D eigenvalue weighted by Gasteiger charge is 2.07. The molecule has 2 nitrogen and oxygen atoms in total. The van der Waals surface area contributed by atoms with E-state index in [1.54, 1.807) is 5.38 Å². The van der Waals surface area contributed by atoms with Gasteiger partial charge < -0.3 is 5.32 Å². The molecular formula is C11H10Cl2N2S. The molecule has 84 valence electrons. The zero-order chi connectivity index (χ0) is 11.5. The molecule has 0 spiro atoms. The summed E-state index contributed by atoms with van der Waals surface area (Å²) in [6.45, 7) is 2.07. The van der Waals surface area contributed by atoms with Crippen LogP contribution in [0.3, 0.4) is 0 Å². The fourth-order valence-electron chi connectivity index (χ4n) is 1.34. The first-order valence-corrected chi connectivity index (χ1v) is 6.42. The summed E-state index contributed by atoms with van der Waals surface area (Å²) in [7, 11) is 0. The standard InChI is InChI=1S/C11H10Cl2N2S/c1-7(8-2-4-9(12)5-3-8)14-11-15-10(13)6-16-11/h2-7H,1H3,(H,14,15). The predicted molar refractivity (Wildman–Crippen MR) is 70.6 cm³/mol. The first kappa shape index (κ1) is 11.7. The zero-order valence-corrected chi connectivity index (χ0v) is 10.9. The zero-order valence-electron chi connectivity index (χ0n) is 8.58. The lowest BCUT2D eigenvalue weighted by Crippen LogP contribution is -2.05. The van der Waals surface area contributed by atoms with Gasteiger partial charge in [0.25, 0.3) is 0 Å². The molecule has 0 saturated heterocycles. The third kappa shape index (κ3) is 2.88. The molecule has 2 aromatic rings. The highest BCUT2D eigenvalue weighted by molar-refractivity contribution is 7.14. The average Bonchev–Trinajstić information content (AvgIpc) is 2.65. The molecule has 0 aliphatic carbocycles. The molecule has 0 radical (unpaired) electrons. The quantitative estimate of drug-likeness (QED) is 0.882. The van der Waals surface area contributed by atoms with Crippen LogP contribution in [0.15, 0.2) is 29.6 Å². The molecule has 0 fully saturated rings. The van der Waals surface area contributed by atoms with Crippen LogP contribution in [0, 0.1) is 0 Å². The molecule has 1 heterocycles. The maximum Gasteiger partial charge on any atom is 0.184 e. The van der Waals surface area contributed by atoms with Crippen LogP contribution in [0.4, 0.5) is 5.13 Å². The van der Waals surface area contributed by atoms with Gasteiger partial charge in [0, 0.05) is 10.4 Å². The summed E-state index contributed by atoms with van der Waals surface area (Å²) >= 11 is 13.1. The minimum atomic E-state index is 0.180. The minimum absolute atomic E-state index is 0.180. The number of hydrogen-bond acceptors (Lipinski definition) is 3. The largest absolute Gasteiger partial charge is 0.355 e. The monoisotopic (exact) mass is 272 g/mol. The summed E-state index contributed by atoms with van der Waals surface area (Å²) in [6, 6.07) is 7.93. The van der Waals surface area contributed by atoms with E-state index in [9.17, 15) is 0 Å². The number of rotatable bonds is 3. The van der Waals surface area contributed by atoms with Gasteiger partial charge in [-0.05, 0) is 24.6 Å². The van der Waals surface area contributed by atoms with Crippen LogP contribution in [0.5, 0.6) is 0 Å². The number of halogens is 2. The van der Waals surface area contributed by atoms with Crippen molar-refractivity contribution in [2.75, 3.05) is 5.32 Å². The summed E-state index contributed by atoms with van der Waals surface area (Å²) in [4.78, 5) is 4.14. The van der Waals surface area contributed by atoms with Gasteiger partial charge in [0.1, 0.15) is 5.15 Å². The lowest BCUT2D eigenvalue weighted by Gasteiger charge is -2.13. The second kappa shape index (κ2) is 5.04. The van der Waals surface area contributed by atoms with Crippen molar-refractivity contribution in [1.29, 1.82) is 0 Å². The average molecular weight is 273 g/mol. The molecule has 0 aliphatic rings. The molecule has 1 aromatic carbocycles. The van der Waals surface area contributed by atoms with Gasteiger partial charge in [-0.2, -0.15) is 0 Å². The van der Waals surface area contributed by atoms with Gasteiger partial charge in [-0.15, -0.1) is 11.3 Å². The summed E-state index contributed by atoms with van der Waals surface area (Å²) in [5.41, 5.74) is 1.16. The lowest BCUT2D eigenvalue weighted by atomic mass is 10.1. The van der Waals surface area contributed by atoms with Crippen molar-refractivity contribution in [2.45, 2.75) is 13.0 Å². The number of nitrogens with zero attached hydrogens (tertiary/aromatic N) is 1. The molecular weight excluding hydrogens is 263 g/mol. The van der Waals surface area contributed by atoms with E-state index in [-0.39, 0.29) is 6.04 Å². The normalized spacial score (nSPS) is 12.4. The molecule has 1 unspecified atom stereocenters. The van der Waals surface area contributed by atoms with Crippen LogP contribution < -0.4 is 5.32 Å². The molecule has 16 heavy (non-hydrogen) atoms. The topological polar surface area (TPSA) is 24.9 Å². The number of hydrogen-bond donors (Lipinski definition) is 1. The van der Waals surface area contributed by atoms with Crippen LogP contribution in [-0.2, 0) is 0 Å².